The Hall–Kier alpha value is -1.87. The van der Waals surface area contributed by atoms with Crippen molar-refractivity contribution in [3.8, 4) is 0 Å². The van der Waals surface area contributed by atoms with Crippen LogP contribution in [0.2, 0.25) is 0 Å². The highest BCUT2D eigenvalue weighted by molar-refractivity contribution is 5.76. The number of H-pyrrole nitrogens is 1. The topological polar surface area (TPSA) is 21.8 Å². The third-order valence-corrected chi connectivity index (χ3v) is 3.23. The van der Waals surface area contributed by atoms with Crippen LogP contribution in [0.25, 0.3) is 16.6 Å². The van der Waals surface area contributed by atoms with E-state index in [1.165, 1.54) is 27.8 Å². The summed E-state index contributed by atoms with van der Waals surface area (Å²) in [5.74, 6) is 0. The normalized spacial score (nSPS) is 11.8. The third-order valence-electron chi connectivity index (χ3n) is 3.23. The lowest BCUT2D eigenvalue weighted by molar-refractivity contribution is -0.358. The summed E-state index contributed by atoms with van der Waals surface area (Å²) in [6.45, 7) is 3.04. The summed E-state index contributed by atoms with van der Waals surface area (Å²) in [5, 5.41) is 0. The Morgan fingerprint density at radius 1 is 1.17 bits per heavy atom. The van der Waals surface area contributed by atoms with Crippen LogP contribution in [-0.2, 0) is 6.54 Å². The molecule has 18 heavy (non-hydrogen) atoms. The molecule has 92 valence electrons. The Morgan fingerprint density at radius 2 is 2.00 bits per heavy atom. The molecule has 0 spiro atoms. The van der Waals surface area contributed by atoms with Crippen molar-refractivity contribution in [3.63, 3.8) is 0 Å². The van der Waals surface area contributed by atoms with Gasteiger partial charge in [-0.25, -0.2) is 4.98 Å². The van der Waals surface area contributed by atoms with Gasteiger partial charge >= 0.3 is 0 Å². The van der Waals surface area contributed by atoms with Gasteiger partial charge in [-0.2, -0.15) is 0 Å². The zero-order valence-electron chi connectivity index (χ0n) is 11.1. The van der Waals surface area contributed by atoms with Crippen LogP contribution in [0.4, 0.5) is 0 Å². The number of aromatic nitrogens is 2. The van der Waals surface area contributed by atoms with Crippen molar-refractivity contribution >= 4 is 16.6 Å². The van der Waals surface area contributed by atoms with Crippen LogP contribution < -0.4 is 4.98 Å². The molecule has 0 atom stereocenters. The fourth-order valence-electron chi connectivity index (χ4n) is 2.46. The zero-order chi connectivity index (χ0) is 12.7. The van der Waals surface area contributed by atoms with Crippen molar-refractivity contribution in [1.29, 1.82) is 0 Å². The van der Waals surface area contributed by atoms with Crippen molar-refractivity contribution in [3.05, 3.63) is 47.8 Å². The minimum absolute atomic E-state index is 0.914. The van der Waals surface area contributed by atoms with Crippen molar-refractivity contribution < 1.29 is 4.98 Å². The second kappa shape index (κ2) is 4.10. The highest BCUT2D eigenvalue weighted by Gasteiger charge is 2.14. The van der Waals surface area contributed by atoms with E-state index in [4.69, 9.17) is 0 Å². The SMILES string of the molecule is Cc1ccc2c(c1)[nH+]c(CN(C)C)c1cccn12. The number of benzene rings is 1. The van der Waals surface area contributed by atoms with E-state index in [1.54, 1.807) is 0 Å². The standard InChI is InChI=1S/C15H17N3/c1-11-6-7-15-12(9-11)16-13(10-17(2)3)14-5-4-8-18(14)15/h4-9H,10H2,1-3H3/p+1. The molecule has 1 aromatic carbocycles. The largest absolute Gasteiger partial charge is 0.306 e. The predicted molar refractivity (Wildman–Crippen MR) is 73.6 cm³/mol. The first-order chi connectivity index (χ1) is 8.65. The van der Waals surface area contributed by atoms with Gasteiger partial charge in [0.05, 0.1) is 6.54 Å². The molecular weight excluding hydrogens is 222 g/mol. The lowest BCUT2D eigenvalue weighted by Crippen LogP contribution is -2.22. The van der Waals surface area contributed by atoms with Gasteiger partial charge in [-0.1, -0.05) is 6.07 Å². The molecule has 3 nitrogen and oxygen atoms in total. The van der Waals surface area contributed by atoms with E-state index in [9.17, 15) is 0 Å². The molecule has 3 heteroatoms. The molecule has 0 fully saturated rings. The van der Waals surface area contributed by atoms with E-state index in [0.717, 1.165) is 6.54 Å². The number of rotatable bonds is 2. The molecule has 0 bridgehead atoms. The van der Waals surface area contributed by atoms with Crippen LogP contribution in [0.15, 0.2) is 36.5 Å². The smallest absolute Gasteiger partial charge is 0.228 e. The fourth-order valence-corrected chi connectivity index (χ4v) is 2.46. The molecule has 0 unspecified atom stereocenters. The van der Waals surface area contributed by atoms with Crippen LogP contribution in [0.3, 0.4) is 0 Å². The molecule has 0 radical (unpaired) electrons. The minimum Gasteiger partial charge on any atom is -0.306 e. The summed E-state index contributed by atoms with van der Waals surface area (Å²) in [6, 6.07) is 10.8. The molecule has 2 heterocycles. The predicted octanol–water partition coefficient (Wildman–Crippen LogP) is 2.28. The van der Waals surface area contributed by atoms with Crippen LogP contribution in [0.5, 0.6) is 0 Å². The summed E-state index contributed by atoms with van der Waals surface area (Å²) >= 11 is 0. The van der Waals surface area contributed by atoms with Crippen LogP contribution in [-0.4, -0.2) is 23.4 Å². The molecule has 0 amide bonds. The Balaban J connectivity index is 2.35. The molecule has 3 rings (SSSR count). The first-order valence-electron chi connectivity index (χ1n) is 6.21. The van der Waals surface area contributed by atoms with Crippen molar-refractivity contribution in [2.75, 3.05) is 14.1 Å². The molecule has 0 aliphatic carbocycles. The summed E-state index contributed by atoms with van der Waals surface area (Å²) in [7, 11) is 4.18. The number of fused-ring (bicyclic) bond motifs is 3. The zero-order valence-corrected chi connectivity index (χ0v) is 11.1. The molecule has 3 aromatic rings. The van der Waals surface area contributed by atoms with Gasteiger partial charge in [-0.3, -0.25) is 4.90 Å². The van der Waals surface area contributed by atoms with Gasteiger partial charge in [-0.05, 0) is 44.8 Å². The lowest BCUT2D eigenvalue weighted by atomic mass is 10.2. The highest BCUT2D eigenvalue weighted by atomic mass is 15.1. The van der Waals surface area contributed by atoms with Gasteiger partial charge in [0.1, 0.15) is 11.0 Å². The molecule has 1 N–H and O–H groups in total. The Morgan fingerprint density at radius 3 is 2.78 bits per heavy atom. The monoisotopic (exact) mass is 240 g/mol. The Labute approximate surface area is 107 Å². The van der Waals surface area contributed by atoms with Crippen molar-refractivity contribution in [2.45, 2.75) is 13.5 Å². The molecule has 0 aliphatic heterocycles. The average molecular weight is 240 g/mol. The van der Waals surface area contributed by atoms with Gasteiger partial charge in [0.2, 0.25) is 11.2 Å². The second-order valence-electron chi connectivity index (χ2n) is 5.13. The van der Waals surface area contributed by atoms with Crippen LogP contribution in [0, 0.1) is 6.92 Å². The molecular formula is C15H18N3+. The quantitative estimate of drug-likeness (QED) is 0.673. The third kappa shape index (κ3) is 1.77. The van der Waals surface area contributed by atoms with E-state index < -0.39 is 0 Å². The fraction of sp³-hybridized carbons (Fsp3) is 0.267. The summed E-state index contributed by atoms with van der Waals surface area (Å²) in [6.07, 6.45) is 2.12. The highest BCUT2D eigenvalue weighted by Crippen LogP contribution is 2.17. The number of nitrogens with zero attached hydrogens (tertiary/aromatic N) is 2. The van der Waals surface area contributed by atoms with Gasteiger partial charge in [0.25, 0.3) is 0 Å². The summed E-state index contributed by atoms with van der Waals surface area (Å²) in [4.78, 5) is 5.75. The van der Waals surface area contributed by atoms with E-state index in [0.29, 0.717) is 0 Å². The van der Waals surface area contributed by atoms with Crippen LogP contribution in [0.1, 0.15) is 11.3 Å². The van der Waals surface area contributed by atoms with Crippen molar-refractivity contribution in [2.24, 2.45) is 0 Å². The van der Waals surface area contributed by atoms with E-state index >= 15 is 0 Å². The first-order valence-corrected chi connectivity index (χ1v) is 6.21. The number of nitrogens with one attached hydrogen (secondary N) is 1. The number of aryl methyl sites for hydroxylation is 1. The van der Waals surface area contributed by atoms with E-state index in [1.807, 2.05) is 0 Å². The van der Waals surface area contributed by atoms with Gasteiger partial charge in [0.15, 0.2) is 0 Å². The van der Waals surface area contributed by atoms with Gasteiger partial charge < -0.3 is 4.40 Å². The maximum absolute atomic E-state index is 3.57. The molecule has 0 saturated carbocycles. The summed E-state index contributed by atoms with van der Waals surface area (Å²) in [5.41, 5.74) is 6.20. The maximum atomic E-state index is 3.57. The Bertz CT molecular complexity index is 710. The lowest BCUT2D eigenvalue weighted by Gasteiger charge is -2.08. The minimum atomic E-state index is 0.914. The molecule has 0 aliphatic rings. The van der Waals surface area contributed by atoms with Gasteiger partial charge in [0, 0.05) is 12.3 Å². The number of hydrogen-bond acceptors (Lipinski definition) is 1. The Kier molecular flexibility index (Phi) is 2.56. The maximum Gasteiger partial charge on any atom is 0.228 e. The van der Waals surface area contributed by atoms with Crippen molar-refractivity contribution in [1.82, 2.24) is 9.30 Å². The summed E-state index contributed by atoms with van der Waals surface area (Å²) < 4.78 is 2.25. The number of hydrogen-bond donors (Lipinski definition) is 0. The second-order valence-corrected chi connectivity index (χ2v) is 5.13. The molecule has 0 saturated heterocycles. The molecule has 2 aromatic heterocycles. The number of aromatic amines is 1. The van der Waals surface area contributed by atoms with E-state index in [-0.39, 0.29) is 0 Å². The van der Waals surface area contributed by atoms with Gasteiger partial charge in [-0.15, -0.1) is 0 Å². The first kappa shape index (κ1) is 11.2. The van der Waals surface area contributed by atoms with Crippen LogP contribution >= 0.6 is 0 Å². The average Bonchev–Trinajstić information content (AvgIpc) is 2.77. The van der Waals surface area contributed by atoms with E-state index in [2.05, 4.69) is 71.8 Å².